The van der Waals surface area contributed by atoms with Crippen molar-refractivity contribution in [3.05, 3.63) is 30.3 Å². The predicted molar refractivity (Wildman–Crippen MR) is 83.6 cm³/mol. The average molecular weight is 292 g/mol. The van der Waals surface area contributed by atoms with E-state index in [1.165, 1.54) is 0 Å². The van der Waals surface area contributed by atoms with Crippen LogP contribution < -0.4 is 4.90 Å². The molecule has 0 spiro atoms. The normalized spacial score (nSPS) is 10.2. The van der Waals surface area contributed by atoms with Crippen LogP contribution in [0.2, 0.25) is 0 Å². The molecule has 0 aliphatic rings. The molecule has 1 rings (SSSR count). The van der Waals surface area contributed by atoms with Gasteiger partial charge in [0.25, 0.3) is 0 Å². The summed E-state index contributed by atoms with van der Waals surface area (Å²) < 4.78 is 0. The van der Waals surface area contributed by atoms with Crippen LogP contribution in [-0.4, -0.2) is 42.1 Å². The van der Waals surface area contributed by atoms with E-state index in [4.69, 9.17) is 5.11 Å². The van der Waals surface area contributed by atoms with Crippen LogP contribution in [0.25, 0.3) is 0 Å². The van der Waals surface area contributed by atoms with Crippen LogP contribution in [0.5, 0.6) is 0 Å². The highest BCUT2D eigenvalue weighted by molar-refractivity contribution is 5.91. The van der Waals surface area contributed by atoms with E-state index >= 15 is 0 Å². The molecule has 0 unspecified atom stereocenters. The van der Waals surface area contributed by atoms with Crippen LogP contribution in [0.1, 0.15) is 32.6 Å². The van der Waals surface area contributed by atoms with E-state index in [-0.39, 0.29) is 12.5 Å². The van der Waals surface area contributed by atoms with Crippen molar-refractivity contribution in [1.82, 2.24) is 4.90 Å². The minimum Gasteiger partial charge on any atom is -0.481 e. The molecule has 5 nitrogen and oxygen atoms in total. The molecule has 0 heterocycles. The molecule has 0 bridgehead atoms. The van der Waals surface area contributed by atoms with Gasteiger partial charge in [0.1, 0.15) is 0 Å². The summed E-state index contributed by atoms with van der Waals surface area (Å²) >= 11 is 0. The molecular weight excluding hydrogens is 268 g/mol. The number of aliphatic carboxylic acids is 1. The number of hydrogen-bond acceptors (Lipinski definition) is 2. The van der Waals surface area contributed by atoms with Gasteiger partial charge in [0.2, 0.25) is 0 Å². The Kier molecular flexibility index (Phi) is 7.29. The number of unbranched alkanes of at least 4 members (excludes halogenated alkanes) is 1. The molecule has 2 amide bonds. The van der Waals surface area contributed by atoms with Gasteiger partial charge in [0, 0.05) is 32.2 Å². The standard InChI is InChI=1S/C16H24N2O3/c1-3-4-12-17(2)16(21)18(13-8-11-15(19)20)14-9-6-5-7-10-14/h5-7,9-10H,3-4,8,11-13H2,1-2H3,(H,19,20). The van der Waals surface area contributed by atoms with E-state index in [0.717, 1.165) is 18.5 Å². The largest absolute Gasteiger partial charge is 0.481 e. The molecule has 5 heteroatoms. The molecule has 0 aliphatic carbocycles. The van der Waals surface area contributed by atoms with E-state index in [2.05, 4.69) is 6.92 Å². The SMILES string of the molecule is CCCCN(C)C(=O)N(CCCC(=O)O)c1ccccc1. The molecule has 1 N–H and O–H groups in total. The zero-order valence-corrected chi connectivity index (χ0v) is 12.8. The monoisotopic (exact) mass is 292 g/mol. The van der Waals surface area contributed by atoms with Crippen molar-refractivity contribution in [3.63, 3.8) is 0 Å². The fourth-order valence-corrected chi connectivity index (χ4v) is 2.03. The lowest BCUT2D eigenvalue weighted by Gasteiger charge is -2.28. The first-order chi connectivity index (χ1) is 10.1. The van der Waals surface area contributed by atoms with Gasteiger partial charge in [-0.1, -0.05) is 31.5 Å². The van der Waals surface area contributed by atoms with E-state index in [1.807, 2.05) is 30.3 Å². The summed E-state index contributed by atoms with van der Waals surface area (Å²) in [6.45, 7) is 3.20. The van der Waals surface area contributed by atoms with Gasteiger partial charge in [-0.05, 0) is 25.0 Å². The summed E-state index contributed by atoms with van der Waals surface area (Å²) in [4.78, 5) is 26.5. The van der Waals surface area contributed by atoms with E-state index in [0.29, 0.717) is 19.5 Å². The molecule has 0 atom stereocenters. The number of carbonyl (C=O) groups is 2. The minimum atomic E-state index is -0.838. The van der Waals surface area contributed by atoms with Crippen molar-refractivity contribution in [3.8, 4) is 0 Å². The Labute approximate surface area is 126 Å². The smallest absolute Gasteiger partial charge is 0.324 e. The lowest BCUT2D eigenvalue weighted by atomic mass is 10.2. The fraction of sp³-hybridized carbons (Fsp3) is 0.500. The molecule has 21 heavy (non-hydrogen) atoms. The Morgan fingerprint density at radius 3 is 2.33 bits per heavy atom. The quantitative estimate of drug-likeness (QED) is 0.800. The first-order valence-electron chi connectivity index (χ1n) is 7.35. The van der Waals surface area contributed by atoms with Crippen molar-refractivity contribution in [2.75, 3.05) is 25.0 Å². The number of nitrogens with zero attached hydrogens (tertiary/aromatic N) is 2. The summed E-state index contributed by atoms with van der Waals surface area (Å²) in [7, 11) is 1.78. The molecular formula is C16H24N2O3. The highest BCUT2D eigenvalue weighted by atomic mass is 16.4. The summed E-state index contributed by atoms with van der Waals surface area (Å²) in [5, 5.41) is 8.75. The number of benzene rings is 1. The van der Waals surface area contributed by atoms with Gasteiger partial charge in [0.15, 0.2) is 0 Å². The number of carbonyl (C=O) groups excluding carboxylic acids is 1. The van der Waals surface area contributed by atoms with Crippen LogP contribution in [0.4, 0.5) is 10.5 Å². The van der Waals surface area contributed by atoms with Gasteiger partial charge in [0.05, 0.1) is 0 Å². The molecule has 0 saturated carbocycles. The number of para-hydroxylation sites is 1. The Morgan fingerprint density at radius 1 is 1.10 bits per heavy atom. The summed E-state index contributed by atoms with van der Waals surface area (Å²) in [6, 6.07) is 9.29. The van der Waals surface area contributed by atoms with Crippen molar-refractivity contribution in [2.45, 2.75) is 32.6 Å². The second-order valence-electron chi connectivity index (χ2n) is 5.04. The van der Waals surface area contributed by atoms with Gasteiger partial charge in [-0.25, -0.2) is 4.79 Å². The fourth-order valence-electron chi connectivity index (χ4n) is 2.03. The second kappa shape index (κ2) is 9.00. The third-order valence-electron chi connectivity index (χ3n) is 3.24. The molecule has 116 valence electrons. The first kappa shape index (κ1) is 17.0. The van der Waals surface area contributed by atoms with Crippen molar-refractivity contribution >= 4 is 17.7 Å². The van der Waals surface area contributed by atoms with Gasteiger partial charge < -0.3 is 10.0 Å². The van der Waals surface area contributed by atoms with Crippen molar-refractivity contribution < 1.29 is 14.7 Å². The molecule has 0 radical (unpaired) electrons. The van der Waals surface area contributed by atoms with E-state index < -0.39 is 5.97 Å². The second-order valence-corrected chi connectivity index (χ2v) is 5.04. The zero-order valence-electron chi connectivity index (χ0n) is 12.8. The van der Waals surface area contributed by atoms with Crippen LogP contribution >= 0.6 is 0 Å². The average Bonchev–Trinajstić information content (AvgIpc) is 2.49. The Morgan fingerprint density at radius 2 is 1.76 bits per heavy atom. The molecule has 1 aromatic rings. The van der Waals surface area contributed by atoms with Gasteiger partial charge in [-0.3, -0.25) is 9.69 Å². The molecule has 0 aromatic heterocycles. The highest BCUT2D eigenvalue weighted by Gasteiger charge is 2.19. The third kappa shape index (κ3) is 5.85. The number of anilines is 1. The van der Waals surface area contributed by atoms with Crippen LogP contribution in [0.3, 0.4) is 0 Å². The van der Waals surface area contributed by atoms with Gasteiger partial charge in [-0.15, -0.1) is 0 Å². The Bertz CT molecular complexity index is 448. The Hall–Kier alpha value is -2.04. The Balaban J connectivity index is 2.76. The van der Waals surface area contributed by atoms with Crippen LogP contribution in [-0.2, 0) is 4.79 Å². The van der Waals surface area contributed by atoms with Gasteiger partial charge in [-0.2, -0.15) is 0 Å². The summed E-state index contributed by atoms with van der Waals surface area (Å²) in [5.41, 5.74) is 0.802. The number of hydrogen-bond donors (Lipinski definition) is 1. The van der Waals surface area contributed by atoms with Crippen LogP contribution in [0.15, 0.2) is 30.3 Å². The van der Waals surface area contributed by atoms with Crippen molar-refractivity contribution in [2.24, 2.45) is 0 Å². The maximum atomic E-state index is 12.5. The maximum Gasteiger partial charge on any atom is 0.324 e. The highest BCUT2D eigenvalue weighted by Crippen LogP contribution is 2.16. The molecule has 0 fully saturated rings. The lowest BCUT2D eigenvalue weighted by Crippen LogP contribution is -2.42. The first-order valence-corrected chi connectivity index (χ1v) is 7.35. The number of rotatable bonds is 8. The predicted octanol–water partition coefficient (Wildman–Crippen LogP) is 3.21. The topological polar surface area (TPSA) is 60.9 Å². The third-order valence-corrected chi connectivity index (χ3v) is 3.24. The van der Waals surface area contributed by atoms with Crippen molar-refractivity contribution in [1.29, 1.82) is 0 Å². The number of carboxylic acids is 1. The van der Waals surface area contributed by atoms with E-state index in [1.54, 1.807) is 16.8 Å². The molecule has 1 aromatic carbocycles. The summed E-state index contributed by atoms with van der Waals surface area (Å²) in [6.07, 6.45) is 2.49. The number of carboxylic acid groups (broad SMARTS) is 1. The van der Waals surface area contributed by atoms with Crippen LogP contribution in [0, 0.1) is 0 Å². The maximum absolute atomic E-state index is 12.5. The zero-order chi connectivity index (χ0) is 15.7. The lowest BCUT2D eigenvalue weighted by molar-refractivity contribution is -0.137. The number of amides is 2. The van der Waals surface area contributed by atoms with E-state index in [9.17, 15) is 9.59 Å². The van der Waals surface area contributed by atoms with Gasteiger partial charge >= 0.3 is 12.0 Å². The minimum absolute atomic E-state index is 0.0648. The molecule has 0 saturated heterocycles. The summed E-state index contributed by atoms with van der Waals surface area (Å²) in [5.74, 6) is -0.838. The number of urea groups is 1. The molecule has 0 aliphatic heterocycles.